The van der Waals surface area contributed by atoms with Gasteiger partial charge in [0.2, 0.25) is 5.91 Å². The van der Waals surface area contributed by atoms with Crippen LogP contribution in [0.4, 0.5) is 5.69 Å². The van der Waals surface area contributed by atoms with Gasteiger partial charge in [0, 0.05) is 36.9 Å². The van der Waals surface area contributed by atoms with Crippen LogP contribution in [0.2, 0.25) is 0 Å². The van der Waals surface area contributed by atoms with Crippen molar-refractivity contribution in [3.05, 3.63) is 29.8 Å². The Morgan fingerprint density at radius 2 is 1.78 bits per heavy atom. The molecular weight excluding hydrogens is 342 g/mol. The van der Waals surface area contributed by atoms with Crippen molar-refractivity contribution in [1.82, 2.24) is 10.6 Å². The minimum absolute atomic E-state index is 0.0421. The third-order valence-electron chi connectivity index (χ3n) is 5.68. The summed E-state index contributed by atoms with van der Waals surface area (Å²) in [5, 5.41) is 9.37. The van der Waals surface area contributed by atoms with Gasteiger partial charge in [-0.3, -0.25) is 9.59 Å². The minimum atomic E-state index is -0.0701. The van der Waals surface area contributed by atoms with Crippen LogP contribution in [0.25, 0.3) is 0 Å². The van der Waals surface area contributed by atoms with Crippen molar-refractivity contribution in [1.29, 1.82) is 0 Å². The highest BCUT2D eigenvalue weighted by Gasteiger charge is 2.22. The van der Waals surface area contributed by atoms with Gasteiger partial charge in [-0.2, -0.15) is 0 Å². The molecule has 1 unspecified atom stereocenters. The third kappa shape index (κ3) is 6.04. The maximum Gasteiger partial charge on any atom is 0.251 e. The van der Waals surface area contributed by atoms with Crippen molar-refractivity contribution in [2.24, 2.45) is 11.8 Å². The van der Waals surface area contributed by atoms with Crippen molar-refractivity contribution in [2.75, 3.05) is 31.6 Å². The van der Waals surface area contributed by atoms with Gasteiger partial charge in [0.05, 0.1) is 0 Å². The summed E-state index contributed by atoms with van der Waals surface area (Å²) in [6.07, 6.45) is 4.54. The van der Waals surface area contributed by atoms with Gasteiger partial charge in [0.1, 0.15) is 0 Å². The lowest BCUT2D eigenvalue weighted by Crippen LogP contribution is -2.38. The van der Waals surface area contributed by atoms with E-state index in [4.69, 9.17) is 4.74 Å². The molecule has 0 bridgehead atoms. The molecule has 2 saturated heterocycles. The second-order valence-electron chi connectivity index (χ2n) is 7.75. The van der Waals surface area contributed by atoms with Crippen LogP contribution in [0.1, 0.15) is 49.4 Å². The van der Waals surface area contributed by atoms with E-state index in [-0.39, 0.29) is 17.9 Å². The molecule has 0 radical (unpaired) electrons. The van der Waals surface area contributed by atoms with Crippen LogP contribution in [0.3, 0.4) is 0 Å². The van der Waals surface area contributed by atoms with Crippen LogP contribution in [0.5, 0.6) is 0 Å². The van der Waals surface area contributed by atoms with E-state index in [1.165, 1.54) is 0 Å². The molecule has 2 amide bonds. The number of benzene rings is 1. The van der Waals surface area contributed by atoms with Gasteiger partial charge in [0.15, 0.2) is 0 Å². The van der Waals surface area contributed by atoms with Crippen molar-refractivity contribution in [3.8, 4) is 0 Å². The minimum Gasteiger partial charge on any atom is -0.381 e. The summed E-state index contributed by atoms with van der Waals surface area (Å²) in [6, 6.07) is 7.31. The van der Waals surface area contributed by atoms with E-state index in [9.17, 15) is 9.59 Å². The molecule has 6 nitrogen and oxygen atoms in total. The highest BCUT2D eigenvalue weighted by atomic mass is 16.5. The van der Waals surface area contributed by atoms with Crippen LogP contribution in [0, 0.1) is 11.8 Å². The molecule has 0 saturated carbocycles. The summed E-state index contributed by atoms with van der Waals surface area (Å²) in [5.41, 5.74) is 1.35. The smallest absolute Gasteiger partial charge is 0.251 e. The Hall–Kier alpha value is -1.92. The fourth-order valence-corrected chi connectivity index (χ4v) is 3.90. The number of carbonyl (C=O) groups excluding carboxylic acids is 2. The first kappa shape index (κ1) is 19.8. The van der Waals surface area contributed by atoms with E-state index in [0.717, 1.165) is 44.5 Å². The number of piperidine rings is 1. The number of rotatable bonds is 6. The van der Waals surface area contributed by atoms with E-state index < -0.39 is 0 Å². The Morgan fingerprint density at radius 3 is 2.44 bits per heavy atom. The SMILES string of the molecule is CC(CC(=O)Nc1ccc(C(=O)NC2CCOCC2)cc1)C1CCNCC1. The first-order chi connectivity index (χ1) is 13.1. The summed E-state index contributed by atoms with van der Waals surface area (Å²) >= 11 is 0. The third-order valence-corrected chi connectivity index (χ3v) is 5.68. The number of amides is 2. The summed E-state index contributed by atoms with van der Waals surface area (Å²) in [7, 11) is 0. The quantitative estimate of drug-likeness (QED) is 0.716. The topological polar surface area (TPSA) is 79.5 Å². The summed E-state index contributed by atoms with van der Waals surface area (Å²) in [5.74, 6) is 0.977. The molecule has 148 valence electrons. The van der Waals surface area contributed by atoms with Crippen LogP contribution < -0.4 is 16.0 Å². The molecule has 2 aliphatic heterocycles. The van der Waals surface area contributed by atoms with Crippen molar-refractivity contribution in [3.63, 3.8) is 0 Å². The molecule has 2 aliphatic rings. The fraction of sp³-hybridized carbons (Fsp3) is 0.619. The molecular formula is C21H31N3O3. The largest absolute Gasteiger partial charge is 0.381 e. The van der Waals surface area contributed by atoms with Gasteiger partial charge < -0.3 is 20.7 Å². The number of ether oxygens (including phenoxy) is 1. The average molecular weight is 373 g/mol. The lowest BCUT2D eigenvalue weighted by Gasteiger charge is -2.27. The molecule has 6 heteroatoms. The molecule has 0 aromatic heterocycles. The Kier molecular flexibility index (Phi) is 7.24. The van der Waals surface area contributed by atoms with Crippen LogP contribution in [-0.2, 0) is 9.53 Å². The predicted octanol–water partition coefficient (Wildman–Crippen LogP) is 2.56. The van der Waals surface area contributed by atoms with Crippen LogP contribution in [-0.4, -0.2) is 44.2 Å². The van der Waals surface area contributed by atoms with Crippen LogP contribution >= 0.6 is 0 Å². The Labute approximate surface area is 161 Å². The fourth-order valence-electron chi connectivity index (χ4n) is 3.90. The van der Waals surface area contributed by atoms with Gasteiger partial charge in [-0.25, -0.2) is 0 Å². The summed E-state index contributed by atoms with van der Waals surface area (Å²) in [4.78, 5) is 24.7. The van der Waals surface area contributed by atoms with Crippen molar-refractivity contribution >= 4 is 17.5 Å². The Morgan fingerprint density at radius 1 is 1.11 bits per heavy atom. The zero-order chi connectivity index (χ0) is 19.1. The van der Waals surface area contributed by atoms with Crippen LogP contribution in [0.15, 0.2) is 24.3 Å². The lowest BCUT2D eigenvalue weighted by molar-refractivity contribution is -0.117. The van der Waals surface area contributed by atoms with Gasteiger partial charge in [-0.15, -0.1) is 0 Å². The molecule has 0 spiro atoms. The predicted molar refractivity (Wildman–Crippen MR) is 106 cm³/mol. The van der Waals surface area contributed by atoms with E-state index >= 15 is 0 Å². The Bertz CT molecular complexity index is 620. The number of anilines is 1. The maximum atomic E-state index is 12.3. The molecule has 27 heavy (non-hydrogen) atoms. The normalized spacial score (nSPS) is 20.0. The lowest BCUT2D eigenvalue weighted by atomic mass is 9.84. The van der Waals surface area contributed by atoms with Crippen molar-refractivity contribution < 1.29 is 14.3 Å². The highest BCUT2D eigenvalue weighted by molar-refractivity contribution is 5.96. The molecule has 0 aliphatic carbocycles. The molecule has 1 aromatic rings. The molecule has 2 fully saturated rings. The van der Waals surface area contributed by atoms with Gasteiger partial charge in [0.25, 0.3) is 5.91 Å². The van der Waals surface area contributed by atoms with Gasteiger partial charge in [-0.05, 0) is 74.9 Å². The van der Waals surface area contributed by atoms with Gasteiger partial charge in [-0.1, -0.05) is 6.92 Å². The zero-order valence-corrected chi connectivity index (χ0v) is 16.1. The van der Waals surface area contributed by atoms with E-state index in [1.807, 2.05) is 0 Å². The number of hydrogen-bond acceptors (Lipinski definition) is 4. The average Bonchev–Trinajstić information content (AvgIpc) is 2.70. The van der Waals surface area contributed by atoms with E-state index in [2.05, 4.69) is 22.9 Å². The molecule has 1 aromatic carbocycles. The zero-order valence-electron chi connectivity index (χ0n) is 16.1. The van der Waals surface area contributed by atoms with Gasteiger partial charge >= 0.3 is 0 Å². The monoisotopic (exact) mass is 373 g/mol. The number of hydrogen-bond donors (Lipinski definition) is 3. The molecule has 2 heterocycles. The Balaban J connectivity index is 1.46. The molecule has 3 N–H and O–H groups in total. The molecule has 1 atom stereocenters. The standard InChI is InChI=1S/C21H31N3O3/c1-15(16-6-10-22-11-7-16)14-20(25)23-18-4-2-17(3-5-18)21(26)24-19-8-12-27-13-9-19/h2-5,15-16,19,22H,6-14H2,1H3,(H,23,25)(H,24,26). The second-order valence-corrected chi connectivity index (χ2v) is 7.75. The first-order valence-electron chi connectivity index (χ1n) is 10.1. The summed E-state index contributed by atoms with van der Waals surface area (Å²) in [6.45, 7) is 5.67. The van der Waals surface area contributed by atoms with Crippen molar-refractivity contribution in [2.45, 2.75) is 45.1 Å². The number of nitrogens with one attached hydrogen (secondary N) is 3. The van der Waals surface area contributed by atoms with E-state index in [0.29, 0.717) is 37.0 Å². The first-order valence-corrected chi connectivity index (χ1v) is 10.1. The number of carbonyl (C=O) groups is 2. The molecule has 3 rings (SSSR count). The maximum absolute atomic E-state index is 12.3. The summed E-state index contributed by atoms with van der Waals surface area (Å²) < 4.78 is 5.31. The highest BCUT2D eigenvalue weighted by Crippen LogP contribution is 2.24. The van der Waals surface area contributed by atoms with E-state index in [1.54, 1.807) is 24.3 Å². The second kappa shape index (κ2) is 9.85.